The molecule has 0 amide bonds. The number of nitrogens with zero attached hydrogens (tertiary/aromatic N) is 1. The summed E-state index contributed by atoms with van der Waals surface area (Å²) in [6.45, 7) is 5.77. The third-order valence-electron chi connectivity index (χ3n) is 4.01. The third kappa shape index (κ3) is 4.31. The number of anilines is 1. The van der Waals surface area contributed by atoms with Gasteiger partial charge in [0.15, 0.2) is 5.78 Å². The molecule has 2 rings (SSSR count). The van der Waals surface area contributed by atoms with Crippen molar-refractivity contribution in [3.8, 4) is 0 Å². The van der Waals surface area contributed by atoms with E-state index in [1.54, 1.807) is 6.92 Å². The molecule has 1 aliphatic rings. The lowest BCUT2D eigenvalue weighted by Gasteiger charge is -2.33. The molecule has 21 heavy (non-hydrogen) atoms. The van der Waals surface area contributed by atoms with Crippen molar-refractivity contribution in [1.29, 1.82) is 0 Å². The van der Waals surface area contributed by atoms with Crippen molar-refractivity contribution in [2.45, 2.75) is 33.1 Å². The molecule has 0 saturated carbocycles. The van der Waals surface area contributed by atoms with Crippen LogP contribution in [0.25, 0.3) is 0 Å². The maximum absolute atomic E-state index is 11.5. The highest BCUT2D eigenvalue weighted by Gasteiger charge is 2.22. The summed E-state index contributed by atoms with van der Waals surface area (Å²) < 4.78 is 5.01. The van der Waals surface area contributed by atoms with Gasteiger partial charge in [-0.15, -0.1) is 0 Å². The van der Waals surface area contributed by atoms with E-state index in [1.807, 2.05) is 31.2 Å². The summed E-state index contributed by atoms with van der Waals surface area (Å²) in [4.78, 5) is 25.1. The van der Waals surface area contributed by atoms with E-state index in [9.17, 15) is 9.59 Å². The van der Waals surface area contributed by atoms with Crippen LogP contribution in [0.2, 0.25) is 0 Å². The fraction of sp³-hybridized carbons (Fsp3) is 0.529. The molecule has 1 aromatic rings. The predicted octanol–water partition coefficient (Wildman–Crippen LogP) is 3.06. The number of esters is 1. The maximum Gasteiger partial charge on any atom is 0.306 e. The number of hydrogen-bond acceptors (Lipinski definition) is 4. The van der Waals surface area contributed by atoms with Gasteiger partial charge in [-0.2, -0.15) is 0 Å². The van der Waals surface area contributed by atoms with Crippen molar-refractivity contribution >= 4 is 17.4 Å². The first-order chi connectivity index (χ1) is 10.1. The Kier molecular flexibility index (Phi) is 5.37. The van der Waals surface area contributed by atoms with Crippen LogP contribution < -0.4 is 4.90 Å². The molecule has 0 atom stereocenters. The predicted molar refractivity (Wildman–Crippen MR) is 82.6 cm³/mol. The van der Waals surface area contributed by atoms with Gasteiger partial charge in [0.05, 0.1) is 6.61 Å². The van der Waals surface area contributed by atoms with Gasteiger partial charge < -0.3 is 9.64 Å². The van der Waals surface area contributed by atoms with Crippen molar-refractivity contribution in [3.05, 3.63) is 29.8 Å². The zero-order valence-corrected chi connectivity index (χ0v) is 12.8. The first kappa shape index (κ1) is 15.5. The molecule has 0 unspecified atom stereocenters. The molecule has 1 heterocycles. The van der Waals surface area contributed by atoms with Gasteiger partial charge in [-0.25, -0.2) is 0 Å². The summed E-state index contributed by atoms with van der Waals surface area (Å²) in [5.41, 5.74) is 1.89. The van der Waals surface area contributed by atoms with Crippen LogP contribution in [0, 0.1) is 5.92 Å². The molecule has 0 bridgehead atoms. The maximum atomic E-state index is 11.5. The Labute approximate surface area is 126 Å². The van der Waals surface area contributed by atoms with Crippen LogP contribution in [0.4, 0.5) is 5.69 Å². The van der Waals surface area contributed by atoms with E-state index in [1.165, 1.54) is 0 Å². The van der Waals surface area contributed by atoms with E-state index in [0.29, 0.717) is 18.9 Å². The number of ketones is 1. The zero-order chi connectivity index (χ0) is 15.2. The minimum Gasteiger partial charge on any atom is -0.466 e. The van der Waals surface area contributed by atoms with Gasteiger partial charge in [-0.3, -0.25) is 9.59 Å². The number of rotatable bonds is 5. The fourth-order valence-electron chi connectivity index (χ4n) is 2.76. The van der Waals surface area contributed by atoms with Gasteiger partial charge in [-0.1, -0.05) is 0 Å². The van der Waals surface area contributed by atoms with Crippen LogP contribution >= 0.6 is 0 Å². The minimum atomic E-state index is -0.0817. The number of Topliss-reactive ketones (excluding diaryl/α,β-unsaturated/α-hetero) is 1. The average Bonchev–Trinajstić information content (AvgIpc) is 2.48. The number of benzene rings is 1. The van der Waals surface area contributed by atoms with Crippen LogP contribution in [0.3, 0.4) is 0 Å². The first-order valence-electron chi connectivity index (χ1n) is 7.61. The Morgan fingerprint density at radius 2 is 1.81 bits per heavy atom. The molecule has 1 saturated heterocycles. The molecule has 114 valence electrons. The second kappa shape index (κ2) is 7.25. The lowest BCUT2D eigenvalue weighted by Crippen LogP contribution is -2.34. The van der Waals surface area contributed by atoms with Crippen LogP contribution in [0.1, 0.15) is 43.5 Å². The molecule has 1 fully saturated rings. The molecule has 1 aliphatic heterocycles. The average molecular weight is 289 g/mol. The molecule has 0 aliphatic carbocycles. The van der Waals surface area contributed by atoms with Crippen molar-refractivity contribution < 1.29 is 14.3 Å². The molecule has 4 heteroatoms. The van der Waals surface area contributed by atoms with Crippen molar-refractivity contribution in [2.24, 2.45) is 5.92 Å². The number of hydrogen-bond donors (Lipinski definition) is 0. The highest BCUT2D eigenvalue weighted by Crippen LogP contribution is 2.25. The summed E-state index contributed by atoms with van der Waals surface area (Å²) in [5.74, 6) is 0.438. The van der Waals surface area contributed by atoms with Crippen LogP contribution in [0.15, 0.2) is 24.3 Å². The van der Waals surface area contributed by atoms with E-state index in [2.05, 4.69) is 4.90 Å². The van der Waals surface area contributed by atoms with Gasteiger partial charge in [0, 0.05) is 30.8 Å². The number of piperidine rings is 1. The van der Waals surface area contributed by atoms with E-state index >= 15 is 0 Å². The highest BCUT2D eigenvalue weighted by atomic mass is 16.5. The lowest BCUT2D eigenvalue weighted by molar-refractivity contribution is -0.144. The highest BCUT2D eigenvalue weighted by molar-refractivity contribution is 5.94. The second-order valence-corrected chi connectivity index (χ2v) is 5.54. The topological polar surface area (TPSA) is 46.6 Å². The Morgan fingerprint density at radius 3 is 2.33 bits per heavy atom. The molecule has 0 aromatic heterocycles. The Bertz CT molecular complexity index is 487. The van der Waals surface area contributed by atoms with Crippen LogP contribution in [0.5, 0.6) is 0 Å². The van der Waals surface area contributed by atoms with E-state index < -0.39 is 0 Å². The monoisotopic (exact) mass is 289 g/mol. The Morgan fingerprint density at radius 1 is 1.19 bits per heavy atom. The second-order valence-electron chi connectivity index (χ2n) is 5.54. The van der Waals surface area contributed by atoms with Gasteiger partial charge in [0.25, 0.3) is 0 Å². The normalized spacial score (nSPS) is 15.8. The summed E-state index contributed by atoms with van der Waals surface area (Å²) in [7, 11) is 0. The molecular weight excluding hydrogens is 266 g/mol. The largest absolute Gasteiger partial charge is 0.466 e. The van der Waals surface area contributed by atoms with Crippen molar-refractivity contribution in [2.75, 3.05) is 24.6 Å². The third-order valence-corrected chi connectivity index (χ3v) is 4.01. The van der Waals surface area contributed by atoms with E-state index in [0.717, 1.165) is 37.2 Å². The van der Waals surface area contributed by atoms with E-state index in [4.69, 9.17) is 4.74 Å². The van der Waals surface area contributed by atoms with Gasteiger partial charge in [0.1, 0.15) is 0 Å². The SMILES string of the molecule is CCOC(=O)CC1CCN(c2ccc(C(C)=O)cc2)CC1. The van der Waals surface area contributed by atoms with Crippen LogP contribution in [-0.4, -0.2) is 31.4 Å². The quantitative estimate of drug-likeness (QED) is 0.617. The fourth-order valence-corrected chi connectivity index (χ4v) is 2.76. The first-order valence-corrected chi connectivity index (χ1v) is 7.61. The summed E-state index contributed by atoms with van der Waals surface area (Å²) in [6.07, 6.45) is 2.55. The molecular formula is C17H23NO3. The van der Waals surface area contributed by atoms with E-state index in [-0.39, 0.29) is 11.8 Å². The van der Waals surface area contributed by atoms with Crippen molar-refractivity contribution in [3.63, 3.8) is 0 Å². The smallest absolute Gasteiger partial charge is 0.306 e. The lowest BCUT2D eigenvalue weighted by atomic mass is 9.93. The summed E-state index contributed by atoms with van der Waals surface area (Å²) in [6, 6.07) is 7.76. The van der Waals surface area contributed by atoms with Gasteiger partial charge in [-0.05, 0) is 56.9 Å². The zero-order valence-electron chi connectivity index (χ0n) is 12.8. The van der Waals surface area contributed by atoms with Gasteiger partial charge >= 0.3 is 5.97 Å². The standard InChI is InChI=1S/C17H23NO3/c1-3-21-17(20)12-14-8-10-18(11-9-14)16-6-4-15(5-7-16)13(2)19/h4-7,14H,3,8-12H2,1-2H3. The molecule has 0 radical (unpaired) electrons. The number of ether oxygens (including phenoxy) is 1. The number of carbonyl (C=O) groups excluding carboxylic acids is 2. The number of carbonyl (C=O) groups is 2. The molecule has 1 aromatic carbocycles. The van der Waals surface area contributed by atoms with Crippen molar-refractivity contribution in [1.82, 2.24) is 0 Å². The Hall–Kier alpha value is -1.84. The minimum absolute atomic E-state index is 0.0817. The Balaban J connectivity index is 1.86. The molecule has 0 spiro atoms. The van der Waals surface area contributed by atoms with Gasteiger partial charge in [0.2, 0.25) is 0 Å². The van der Waals surface area contributed by atoms with Crippen LogP contribution in [-0.2, 0) is 9.53 Å². The summed E-state index contributed by atoms with van der Waals surface area (Å²) in [5, 5.41) is 0. The summed E-state index contributed by atoms with van der Waals surface area (Å²) >= 11 is 0. The molecule has 4 nitrogen and oxygen atoms in total. The molecule has 0 N–H and O–H groups in total.